The fourth-order valence-corrected chi connectivity index (χ4v) is 2.57. The van der Waals surface area contributed by atoms with E-state index in [0.29, 0.717) is 5.95 Å². The van der Waals surface area contributed by atoms with E-state index >= 15 is 0 Å². The predicted octanol–water partition coefficient (Wildman–Crippen LogP) is 2.86. The number of aromatic nitrogens is 3. The van der Waals surface area contributed by atoms with Crippen LogP contribution in [0.5, 0.6) is 5.75 Å². The van der Waals surface area contributed by atoms with Crippen molar-refractivity contribution in [2.24, 2.45) is 5.92 Å². The van der Waals surface area contributed by atoms with E-state index in [1.165, 1.54) is 12.8 Å². The van der Waals surface area contributed by atoms with Gasteiger partial charge in [-0.25, -0.2) is 0 Å². The Morgan fingerprint density at radius 1 is 1.27 bits per heavy atom. The zero-order valence-corrected chi connectivity index (χ0v) is 13.0. The van der Waals surface area contributed by atoms with Gasteiger partial charge in [0.2, 0.25) is 5.95 Å². The van der Waals surface area contributed by atoms with Gasteiger partial charge < -0.3 is 15.0 Å². The van der Waals surface area contributed by atoms with Crippen LogP contribution in [0.3, 0.4) is 0 Å². The molecular formula is C16H21N5O. The van der Waals surface area contributed by atoms with Crippen molar-refractivity contribution in [1.29, 1.82) is 0 Å². The van der Waals surface area contributed by atoms with Crippen LogP contribution in [0.1, 0.15) is 19.8 Å². The Morgan fingerprint density at radius 3 is 2.86 bits per heavy atom. The van der Waals surface area contributed by atoms with Gasteiger partial charge >= 0.3 is 0 Å². The average Bonchev–Trinajstić information content (AvgIpc) is 2.56. The van der Waals surface area contributed by atoms with Crippen LogP contribution in [-0.4, -0.2) is 35.4 Å². The summed E-state index contributed by atoms with van der Waals surface area (Å²) >= 11 is 0. The van der Waals surface area contributed by atoms with E-state index in [2.05, 4.69) is 32.3 Å². The van der Waals surface area contributed by atoms with E-state index in [4.69, 9.17) is 4.74 Å². The third kappa shape index (κ3) is 3.44. The molecule has 1 aliphatic rings. The Morgan fingerprint density at radius 2 is 2.09 bits per heavy atom. The molecule has 22 heavy (non-hydrogen) atoms. The molecule has 3 rings (SSSR count). The molecule has 0 radical (unpaired) electrons. The Hall–Kier alpha value is -2.37. The largest absolute Gasteiger partial charge is 0.497 e. The van der Waals surface area contributed by atoms with Gasteiger partial charge in [0.05, 0.1) is 13.3 Å². The molecule has 2 aromatic rings. The standard InChI is InChI=1S/C16H21N5O/c1-12-6-8-21(9-7-12)15-11-17-20-16(19-15)18-13-4-3-5-14(10-13)22-2/h3-5,10-12H,6-9H2,1-2H3,(H,18,19,20). The molecule has 1 N–H and O–H groups in total. The topological polar surface area (TPSA) is 63.2 Å². The number of nitrogens with zero attached hydrogens (tertiary/aromatic N) is 4. The molecule has 0 aliphatic carbocycles. The lowest BCUT2D eigenvalue weighted by atomic mass is 9.99. The second kappa shape index (κ2) is 6.60. The summed E-state index contributed by atoms with van der Waals surface area (Å²) in [7, 11) is 1.65. The predicted molar refractivity (Wildman–Crippen MR) is 86.7 cm³/mol. The Bertz CT molecular complexity index is 625. The summed E-state index contributed by atoms with van der Waals surface area (Å²) in [5.41, 5.74) is 0.880. The summed E-state index contributed by atoms with van der Waals surface area (Å²) in [6.45, 7) is 4.35. The quantitative estimate of drug-likeness (QED) is 0.936. The lowest BCUT2D eigenvalue weighted by Gasteiger charge is -2.30. The fourth-order valence-electron chi connectivity index (χ4n) is 2.57. The van der Waals surface area contributed by atoms with Gasteiger partial charge in [-0.2, -0.15) is 10.1 Å². The number of nitrogens with one attached hydrogen (secondary N) is 1. The smallest absolute Gasteiger partial charge is 0.249 e. The highest BCUT2D eigenvalue weighted by atomic mass is 16.5. The Labute approximate surface area is 130 Å². The van der Waals surface area contributed by atoms with Gasteiger partial charge in [-0.3, -0.25) is 0 Å². The molecule has 2 heterocycles. The van der Waals surface area contributed by atoms with Crippen LogP contribution in [0.2, 0.25) is 0 Å². The number of benzene rings is 1. The van der Waals surface area contributed by atoms with Crippen LogP contribution in [0.4, 0.5) is 17.5 Å². The van der Waals surface area contributed by atoms with Crippen molar-refractivity contribution in [3.8, 4) is 5.75 Å². The molecule has 0 saturated carbocycles. The van der Waals surface area contributed by atoms with Crippen LogP contribution >= 0.6 is 0 Å². The van der Waals surface area contributed by atoms with E-state index in [-0.39, 0.29) is 0 Å². The maximum atomic E-state index is 5.22. The monoisotopic (exact) mass is 299 g/mol. The van der Waals surface area contributed by atoms with Crippen molar-refractivity contribution >= 4 is 17.5 Å². The van der Waals surface area contributed by atoms with E-state index in [9.17, 15) is 0 Å². The van der Waals surface area contributed by atoms with Gasteiger partial charge in [0.1, 0.15) is 5.75 Å². The maximum Gasteiger partial charge on any atom is 0.249 e. The highest BCUT2D eigenvalue weighted by Gasteiger charge is 2.17. The van der Waals surface area contributed by atoms with Crippen molar-refractivity contribution in [3.05, 3.63) is 30.5 Å². The van der Waals surface area contributed by atoms with Gasteiger partial charge in [-0.1, -0.05) is 13.0 Å². The van der Waals surface area contributed by atoms with Crippen molar-refractivity contribution < 1.29 is 4.74 Å². The van der Waals surface area contributed by atoms with Crippen LogP contribution < -0.4 is 15.0 Å². The summed E-state index contributed by atoms with van der Waals surface area (Å²) in [5.74, 6) is 2.97. The van der Waals surface area contributed by atoms with Gasteiger partial charge in [-0.15, -0.1) is 5.10 Å². The first-order valence-corrected chi connectivity index (χ1v) is 7.60. The first kappa shape index (κ1) is 14.6. The van der Waals surface area contributed by atoms with Crippen molar-refractivity contribution in [2.75, 3.05) is 30.4 Å². The van der Waals surface area contributed by atoms with E-state index < -0.39 is 0 Å². The summed E-state index contributed by atoms with van der Waals surface area (Å²) < 4.78 is 5.22. The molecule has 6 nitrogen and oxygen atoms in total. The molecule has 0 spiro atoms. The van der Waals surface area contributed by atoms with Gasteiger partial charge in [0, 0.05) is 24.8 Å². The number of hydrogen-bond donors (Lipinski definition) is 1. The second-order valence-corrected chi connectivity index (χ2v) is 5.66. The minimum Gasteiger partial charge on any atom is -0.497 e. The molecule has 6 heteroatoms. The average molecular weight is 299 g/mol. The van der Waals surface area contributed by atoms with Crippen LogP contribution in [0.25, 0.3) is 0 Å². The minimum atomic E-state index is 0.504. The Balaban J connectivity index is 1.73. The van der Waals surface area contributed by atoms with E-state index in [0.717, 1.165) is 36.3 Å². The van der Waals surface area contributed by atoms with Crippen LogP contribution in [0.15, 0.2) is 30.5 Å². The highest BCUT2D eigenvalue weighted by Crippen LogP contribution is 2.23. The van der Waals surface area contributed by atoms with Gasteiger partial charge in [0.15, 0.2) is 5.82 Å². The zero-order chi connectivity index (χ0) is 15.4. The summed E-state index contributed by atoms with van der Waals surface area (Å²) in [6, 6.07) is 7.67. The zero-order valence-electron chi connectivity index (χ0n) is 13.0. The summed E-state index contributed by atoms with van der Waals surface area (Å²) in [5, 5.41) is 11.3. The lowest BCUT2D eigenvalue weighted by molar-refractivity contribution is 0.415. The Kier molecular flexibility index (Phi) is 4.37. The third-order valence-electron chi connectivity index (χ3n) is 3.98. The summed E-state index contributed by atoms with van der Waals surface area (Å²) in [6.07, 6.45) is 4.12. The van der Waals surface area contributed by atoms with Crippen LogP contribution in [0, 0.1) is 5.92 Å². The first-order chi connectivity index (χ1) is 10.7. The molecule has 1 aromatic heterocycles. The van der Waals surface area contributed by atoms with Crippen LogP contribution in [-0.2, 0) is 0 Å². The highest BCUT2D eigenvalue weighted by molar-refractivity contribution is 5.56. The minimum absolute atomic E-state index is 0.504. The number of piperidine rings is 1. The molecule has 116 valence electrons. The molecule has 1 saturated heterocycles. The normalized spacial score (nSPS) is 15.6. The molecule has 0 atom stereocenters. The number of ether oxygens (including phenoxy) is 1. The SMILES string of the molecule is COc1cccc(Nc2nncc(N3CCC(C)CC3)n2)c1. The van der Waals surface area contributed by atoms with E-state index in [1.54, 1.807) is 13.3 Å². The van der Waals surface area contributed by atoms with Crippen molar-refractivity contribution in [1.82, 2.24) is 15.2 Å². The van der Waals surface area contributed by atoms with E-state index in [1.807, 2.05) is 24.3 Å². The fraction of sp³-hybridized carbons (Fsp3) is 0.438. The third-order valence-corrected chi connectivity index (χ3v) is 3.98. The van der Waals surface area contributed by atoms with Crippen molar-refractivity contribution in [2.45, 2.75) is 19.8 Å². The molecule has 0 amide bonds. The number of methoxy groups -OCH3 is 1. The molecule has 1 fully saturated rings. The number of hydrogen-bond acceptors (Lipinski definition) is 6. The number of rotatable bonds is 4. The van der Waals surface area contributed by atoms with Gasteiger partial charge in [0.25, 0.3) is 0 Å². The molecule has 1 aromatic carbocycles. The molecular weight excluding hydrogens is 278 g/mol. The molecule has 0 bridgehead atoms. The molecule has 1 aliphatic heterocycles. The van der Waals surface area contributed by atoms with Crippen molar-refractivity contribution in [3.63, 3.8) is 0 Å². The second-order valence-electron chi connectivity index (χ2n) is 5.66. The number of anilines is 3. The summed E-state index contributed by atoms with van der Waals surface area (Å²) in [4.78, 5) is 6.84. The van der Waals surface area contributed by atoms with Gasteiger partial charge in [-0.05, 0) is 30.9 Å². The first-order valence-electron chi connectivity index (χ1n) is 7.60. The molecule has 0 unspecified atom stereocenters. The lowest BCUT2D eigenvalue weighted by Crippen LogP contribution is -2.33. The maximum absolute atomic E-state index is 5.22.